The van der Waals surface area contributed by atoms with E-state index in [0.717, 1.165) is 53.5 Å². The maximum atomic E-state index is 13.4. The van der Waals surface area contributed by atoms with Gasteiger partial charge in [-0.3, -0.25) is 9.52 Å². The van der Waals surface area contributed by atoms with Crippen LogP contribution in [-0.2, 0) is 15.4 Å². The van der Waals surface area contributed by atoms with E-state index in [1.165, 1.54) is 0 Å². The lowest BCUT2D eigenvalue weighted by Crippen LogP contribution is -2.28. The third-order valence-corrected chi connectivity index (χ3v) is 8.15. The highest BCUT2D eigenvalue weighted by Gasteiger charge is 2.26. The molecule has 0 radical (unpaired) electrons. The summed E-state index contributed by atoms with van der Waals surface area (Å²) in [5, 5.41) is 0.798. The number of hydrogen-bond donors (Lipinski definition) is 2. The van der Waals surface area contributed by atoms with E-state index in [4.69, 9.17) is 0 Å². The van der Waals surface area contributed by atoms with Crippen LogP contribution in [0.5, 0.6) is 0 Å². The topological polar surface area (TPSA) is 82.3 Å². The zero-order chi connectivity index (χ0) is 25.5. The summed E-state index contributed by atoms with van der Waals surface area (Å²) >= 11 is 0. The summed E-state index contributed by atoms with van der Waals surface area (Å²) in [6.45, 7) is 7.78. The number of anilines is 1. The van der Waals surface area contributed by atoms with Crippen molar-refractivity contribution in [2.75, 3.05) is 17.8 Å². The molecule has 1 saturated heterocycles. The van der Waals surface area contributed by atoms with E-state index in [0.29, 0.717) is 11.4 Å². The van der Waals surface area contributed by atoms with Gasteiger partial charge < -0.3 is 9.88 Å². The third kappa shape index (κ3) is 4.63. The fourth-order valence-corrected chi connectivity index (χ4v) is 5.80. The Balaban J connectivity index is 1.54. The lowest BCUT2D eigenvalue weighted by molar-refractivity contribution is 0.0788. The molecular formula is C29H31N3O3S. The summed E-state index contributed by atoms with van der Waals surface area (Å²) in [7, 11) is -3.78. The maximum Gasteiger partial charge on any atom is 0.270 e. The number of amides is 1. The average molecular weight is 502 g/mol. The molecule has 3 aromatic carbocycles. The second-order valence-corrected chi connectivity index (χ2v) is 12.1. The van der Waals surface area contributed by atoms with Crippen molar-refractivity contribution in [1.82, 2.24) is 9.88 Å². The summed E-state index contributed by atoms with van der Waals surface area (Å²) in [6, 6.07) is 22.1. The van der Waals surface area contributed by atoms with E-state index >= 15 is 0 Å². The number of carbonyl (C=O) groups excluding carboxylic acids is 1. The molecule has 7 heteroatoms. The largest absolute Gasteiger partial charge is 0.350 e. The van der Waals surface area contributed by atoms with Crippen LogP contribution >= 0.6 is 0 Å². The smallest absolute Gasteiger partial charge is 0.270 e. The van der Waals surface area contributed by atoms with Crippen molar-refractivity contribution in [2.45, 2.75) is 43.9 Å². The number of aromatic nitrogens is 1. The molecule has 1 aliphatic rings. The van der Waals surface area contributed by atoms with E-state index in [2.05, 4.69) is 30.5 Å². The lowest BCUT2D eigenvalue weighted by atomic mass is 9.87. The fraction of sp³-hybridized carbons (Fsp3) is 0.276. The van der Waals surface area contributed by atoms with E-state index in [-0.39, 0.29) is 16.2 Å². The molecule has 0 bridgehead atoms. The van der Waals surface area contributed by atoms with Crippen molar-refractivity contribution in [3.63, 3.8) is 0 Å². The van der Waals surface area contributed by atoms with Crippen LogP contribution in [0.2, 0.25) is 0 Å². The Morgan fingerprint density at radius 2 is 1.58 bits per heavy atom. The Morgan fingerprint density at radius 3 is 2.22 bits per heavy atom. The van der Waals surface area contributed by atoms with Crippen LogP contribution in [0, 0.1) is 0 Å². The molecule has 1 aromatic heterocycles. The number of carbonyl (C=O) groups is 1. The van der Waals surface area contributed by atoms with Gasteiger partial charge >= 0.3 is 0 Å². The van der Waals surface area contributed by atoms with Crippen LogP contribution in [0.15, 0.2) is 77.7 Å². The Labute approximate surface area is 212 Å². The van der Waals surface area contributed by atoms with Crippen LogP contribution < -0.4 is 4.72 Å². The molecule has 5 rings (SSSR count). The first-order valence-corrected chi connectivity index (χ1v) is 13.8. The van der Waals surface area contributed by atoms with Crippen molar-refractivity contribution in [3.05, 3.63) is 84.1 Å². The maximum absolute atomic E-state index is 13.4. The van der Waals surface area contributed by atoms with Crippen LogP contribution in [0.3, 0.4) is 0 Å². The highest BCUT2D eigenvalue weighted by atomic mass is 32.2. The van der Waals surface area contributed by atoms with E-state index in [1.54, 1.807) is 24.3 Å². The minimum absolute atomic E-state index is 0.0244. The zero-order valence-electron chi connectivity index (χ0n) is 20.8. The van der Waals surface area contributed by atoms with Gasteiger partial charge in [-0.2, -0.15) is 0 Å². The third-order valence-electron chi connectivity index (χ3n) is 6.75. The summed E-state index contributed by atoms with van der Waals surface area (Å²) < 4.78 is 29.0. The lowest BCUT2D eigenvalue weighted by Gasteiger charge is -2.19. The molecule has 0 spiro atoms. The van der Waals surface area contributed by atoms with E-state index < -0.39 is 10.0 Å². The van der Waals surface area contributed by atoms with Crippen molar-refractivity contribution in [3.8, 4) is 11.1 Å². The van der Waals surface area contributed by atoms with Gasteiger partial charge in [-0.25, -0.2) is 8.42 Å². The highest BCUT2D eigenvalue weighted by Crippen LogP contribution is 2.35. The molecule has 1 fully saturated rings. The number of fused-ring (bicyclic) bond motifs is 1. The molecule has 6 nitrogen and oxygen atoms in total. The minimum Gasteiger partial charge on any atom is -0.350 e. The highest BCUT2D eigenvalue weighted by molar-refractivity contribution is 7.92. The van der Waals surface area contributed by atoms with Gasteiger partial charge in [0, 0.05) is 35.2 Å². The zero-order valence-corrected chi connectivity index (χ0v) is 21.7. The number of aromatic amines is 1. The minimum atomic E-state index is -3.78. The van der Waals surface area contributed by atoms with Crippen molar-refractivity contribution in [2.24, 2.45) is 0 Å². The summed E-state index contributed by atoms with van der Waals surface area (Å²) in [6.07, 6.45) is 2.02. The SMILES string of the molecule is CC(C)(C)c1ccc(S(=O)(=O)Nc2ccc3[nH]c(C(=O)N4CCCC4)c(-c4ccccc4)c3c2)cc1. The monoisotopic (exact) mass is 501 g/mol. The number of nitrogens with one attached hydrogen (secondary N) is 2. The van der Waals surface area contributed by atoms with Crippen molar-refractivity contribution < 1.29 is 13.2 Å². The van der Waals surface area contributed by atoms with E-state index in [9.17, 15) is 13.2 Å². The van der Waals surface area contributed by atoms with Crippen LogP contribution in [-0.4, -0.2) is 37.3 Å². The summed E-state index contributed by atoms with van der Waals surface area (Å²) in [4.78, 5) is 18.8. The molecule has 186 valence electrons. The first kappa shape index (κ1) is 24.1. The molecule has 0 unspecified atom stereocenters. The number of nitrogens with zero attached hydrogens (tertiary/aromatic N) is 1. The fourth-order valence-electron chi connectivity index (χ4n) is 4.75. The van der Waals surface area contributed by atoms with Crippen LogP contribution in [0.4, 0.5) is 5.69 Å². The second kappa shape index (κ2) is 9.13. The molecule has 0 saturated carbocycles. The Hall–Kier alpha value is -3.58. The van der Waals surface area contributed by atoms with Gasteiger partial charge in [0.15, 0.2) is 0 Å². The van der Waals surface area contributed by atoms with Crippen LogP contribution in [0.25, 0.3) is 22.0 Å². The molecule has 1 amide bonds. The number of hydrogen-bond acceptors (Lipinski definition) is 3. The molecule has 36 heavy (non-hydrogen) atoms. The van der Waals surface area contributed by atoms with Gasteiger partial charge in [-0.1, -0.05) is 63.2 Å². The molecule has 4 aromatic rings. The molecule has 0 atom stereocenters. The van der Waals surface area contributed by atoms with Crippen LogP contribution in [0.1, 0.15) is 49.7 Å². The average Bonchev–Trinajstić information content (AvgIpc) is 3.52. The van der Waals surface area contributed by atoms with Gasteiger partial charge in [-0.05, 0) is 59.7 Å². The summed E-state index contributed by atoms with van der Waals surface area (Å²) in [5.41, 5.74) is 4.47. The Morgan fingerprint density at radius 1 is 0.917 bits per heavy atom. The second-order valence-electron chi connectivity index (χ2n) is 10.4. The Kier molecular flexibility index (Phi) is 6.12. The summed E-state index contributed by atoms with van der Waals surface area (Å²) in [5.74, 6) is -0.0244. The molecule has 0 aliphatic carbocycles. The predicted molar refractivity (Wildman–Crippen MR) is 145 cm³/mol. The molecule has 2 heterocycles. The van der Waals surface area contributed by atoms with Gasteiger partial charge in [0.2, 0.25) is 0 Å². The normalized spacial score (nSPS) is 14.4. The van der Waals surface area contributed by atoms with Gasteiger partial charge in [-0.15, -0.1) is 0 Å². The first-order valence-electron chi connectivity index (χ1n) is 12.3. The van der Waals surface area contributed by atoms with Crippen molar-refractivity contribution >= 4 is 32.5 Å². The Bertz CT molecular complexity index is 1510. The molecule has 1 aliphatic heterocycles. The van der Waals surface area contributed by atoms with Gasteiger partial charge in [0.25, 0.3) is 15.9 Å². The number of rotatable bonds is 5. The van der Waals surface area contributed by atoms with Gasteiger partial charge in [0.1, 0.15) is 5.69 Å². The molecular weight excluding hydrogens is 470 g/mol. The van der Waals surface area contributed by atoms with Crippen molar-refractivity contribution in [1.29, 1.82) is 0 Å². The predicted octanol–water partition coefficient (Wildman–Crippen LogP) is 6.17. The number of H-pyrrole nitrogens is 1. The van der Waals surface area contributed by atoms with E-state index in [1.807, 2.05) is 53.4 Å². The standard InChI is InChI=1S/C29H31N3O3S/c1-29(2,3)21-11-14-23(15-12-21)36(34,35)31-22-13-16-25-24(19-22)26(20-9-5-4-6-10-20)27(30-25)28(33)32-17-7-8-18-32/h4-6,9-16,19,30-31H,7-8,17-18H2,1-3H3. The quantitative estimate of drug-likeness (QED) is 0.343. The van der Waals surface area contributed by atoms with Gasteiger partial charge in [0.05, 0.1) is 4.90 Å². The number of sulfonamides is 1. The number of likely N-dealkylation sites (tertiary alicyclic amines) is 1. The molecule has 2 N–H and O–H groups in total. The first-order chi connectivity index (χ1) is 17.1. The number of benzene rings is 3.